The molecule has 3 aromatic heterocycles. The standard InChI is InChI=1S/C24H22FN5O4/c1-24(2,30-22(32)12-10-19(28-30)20-4-3-15-34-20)23(33)26-13-14-29-21(31)11-9-18(27-29)16-5-7-17(25)8-6-16/h3-12,15H,13-14H2,1-2H3,(H,26,33). The zero-order chi connectivity index (χ0) is 24.3. The Morgan fingerprint density at radius 2 is 1.68 bits per heavy atom. The molecule has 10 heteroatoms. The molecule has 0 aliphatic carbocycles. The molecule has 0 fully saturated rings. The number of nitrogens with one attached hydrogen (secondary N) is 1. The number of hydrogen-bond acceptors (Lipinski definition) is 6. The molecule has 174 valence electrons. The van der Waals surface area contributed by atoms with Crippen LogP contribution in [0.4, 0.5) is 4.39 Å². The van der Waals surface area contributed by atoms with E-state index in [1.165, 1.54) is 41.3 Å². The summed E-state index contributed by atoms with van der Waals surface area (Å²) in [5, 5.41) is 11.3. The lowest BCUT2D eigenvalue weighted by Crippen LogP contribution is -2.50. The molecular weight excluding hydrogens is 441 g/mol. The number of halogens is 1. The average Bonchev–Trinajstić information content (AvgIpc) is 3.36. The van der Waals surface area contributed by atoms with Crippen molar-refractivity contribution in [2.45, 2.75) is 25.9 Å². The molecule has 4 rings (SSSR count). The van der Waals surface area contributed by atoms with Gasteiger partial charge in [0.1, 0.15) is 17.1 Å². The normalized spacial score (nSPS) is 11.4. The number of benzene rings is 1. The van der Waals surface area contributed by atoms with Crippen LogP contribution in [-0.2, 0) is 16.9 Å². The van der Waals surface area contributed by atoms with Crippen LogP contribution in [0.2, 0.25) is 0 Å². The minimum atomic E-state index is -1.31. The van der Waals surface area contributed by atoms with Crippen molar-refractivity contribution in [1.82, 2.24) is 24.9 Å². The van der Waals surface area contributed by atoms with Gasteiger partial charge in [-0.3, -0.25) is 14.4 Å². The van der Waals surface area contributed by atoms with E-state index >= 15 is 0 Å². The second-order valence-corrected chi connectivity index (χ2v) is 8.05. The SMILES string of the molecule is CC(C)(C(=O)NCCn1nc(-c2ccc(F)cc2)ccc1=O)n1nc(-c2ccco2)ccc1=O. The number of rotatable bonds is 7. The van der Waals surface area contributed by atoms with Crippen LogP contribution >= 0.6 is 0 Å². The predicted molar refractivity (Wildman–Crippen MR) is 122 cm³/mol. The monoisotopic (exact) mass is 463 g/mol. The van der Waals surface area contributed by atoms with Crippen LogP contribution in [0.15, 0.2) is 80.9 Å². The number of amides is 1. The molecule has 3 heterocycles. The van der Waals surface area contributed by atoms with E-state index in [4.69, 9.17) is 4.42 Å². The van der Waals surface area contributed by atoms with Crippen LogP contribution < -0.4 is 16.4 Å². The minimum absolute atomic E-state index is 0.0919. The molecule has 1 aromatic carbocycles. The third kappa shape index (κ3) is 4.70. The Bertz CT molecular complexity index is 1420. The highest BCUT2D eigenvalue weighted by molar-refractivity contribution is 5.83. The third-order valence-corrected chi connectivity index (χ3v) is 5.27. The minimum Gasteiger partial charge on any atom is -0.463 e. The average molecular weight is 463 g/mol. The van der Waals surface area contributed by atoms with Crippen molar-refractivity contribution >= 4 is 5.91 Å². The molecule has 0 atom stereocenters. The first-order chi connectivity index (χ1) is 16.3. The molecule has 1 amide bonds. The zero-order valence-corrected chi connectivity index (χ0v) is 18.6. The largest absolute Gasteiger partial charge is 0.463 e. The van der Waals surface area contributed by atoms with E-state index in [0.29, 0.717) is 22.7 Å². The van der Waals surface area contributed by atoms with Crippen molar-refractivity contribution in [3.05, 3.63) is 93.5 Å². The van der Waals surface area contributed by atoms with Gasteiger partial charge < -0.3 is 9.73 Å². The number of carbonyl (C=O) groups is 1. The fraction of sp³-hybridized carbons (Fsp3) is 0.208. The summed E-state index contributed by atoms with van der Waals surface area (Å²) in [7, 11) is 0. The summed E-state index contributed by atoms with van der Waals surface area (Å²) >= 11 is 0. The van der Waals surface area contributed by atoms with E-state index in [0.717, 1.165) is 4.68 Å². The highest BCUT2D eigenvalue weighted by Crippen LogP contribution is 2.18. The van der Waals surface area contributed by atoms with Crippen LogP contribution in [0, 0.1) is 5.82 Å². The van der Waals surface area contributed by atoms with E-state index in [1.807, 2.05) is 0 Å². The number of nitrogens with zero attached hydrogens (tertiary/aromatic N) is 4. The smallest absolute Gasteiger partial charge is 0.267 e. The summed E-state index contributed by atoms with van der Waals surface area (Å²) in [6.07, 6.45) is 1.49. The van der Waals surface area contributed by atoms with Gasteiger partial charge in [-0.05, 0) is 62.4 Å². The summed E-state index contributed by atoms with van der Waals surface area (Å²) < 4.78 is 20.8. The summed E-state index contributed by atoms with van der Waals surface area (Å²) in [5.74, 6) is -0.358. The predicted octanol–water partition coefficient (Wildman–Crippen LogP) is 2.42. The first-order valence-electron chi connectivity index (χ1n) is 10.5. The van der Waals surface area contributed by atoms with Crippen LogP contribution in [0.5, 0.6) is 0 Å². The molecule has 0 spiro atoms. The van der Waals surface area contributed by atoms with Crippen LogP contribution in [0.25, 0.3) is 22.7 Å². The van der Waals surface area contributed by atoms with E-state index in [2.05, 4.69) is 15.5 Å². The number of hydrogen-bond donors (Lipinski definition) is 1. The van der Waals surface area contributed by atoms with Gasteiger partial charge in [0, 0.05) is 24.2 Å². The Labute approximate surface area is 193 Å². The lowest BCUT2D eigenvalue weighted by Gasteiger charge is -2.25. The first-order valence-corrected chi connectivity index (χ1v) is 10.5. The van der Waals surface area contributed by atoms with E-state index in [-0.39, 0.29) is 24.5 Å². The molecule has 4 aromatic rings. The molecule has 0 aliphatic rings. The lowest BCUT2D eigenvalue weighted by atomic mass is 10.0. The topological polar surface area (TPSA) is 112 Å². The third-order valence-electron chi connectivity index (χ3n) is 5.27. The maximum Gasteiger partial charge on any atom is 0.267 e. The molecule has 1 N–H and O–H groups in total. The van der Waals surface area contributed by atoms with E-state index < -0.39 is 17.0 Å². The van der Waals surface area contributed by atoms with Gasteiger partial charge in [-0.25, -0.2) is 13.8 Å². The Morgan fingerprint density at radius 1 is 0.971 bits per heavy atom. The Hall–Kier alpha value is -4.34. The number of furan rings is 1. The van der Waals surface area contributed by atoms with Crippen LogP contribution in [0.3, 0.4) is 0 Å². The van der Waals surface area contributed by atoms with Gasteiger partial charge in [-0.15, -0.1) is 0 Å². The summed E-state index contributed by atoms with van der Waals surface area (Å²) in [6.45, 7) is 3.34. The van der Waals surface area contributed by atoms with Crippen LogP contribution in [0.1, 0.15) is 13.8 Å². The molecular formula is C24H22FN5O4. The van der Waals surface area contributed by atoms with Crippen molar-refractivity contribution in [3.8, 4) is 22.7 Å². The van der Waals surface area contributed by atoms with Crippen LogP contribution in [-0.4, -0.2) is 32.0 Å². The fourth-order valence-electron chi connectivity index (χ4n) is 3.34. The Balaban J connectivity index is 1.47. The lowest BCUT2D eigenvalue weighted by molar-refractivity contribution is -0.129. The van der Waals surface area contributed by atoms with Gasteiger partial charge in [-0.1, -0.05) is 0 Å². The highest BCUT2D eigenvalue weighted by Gasteiger charge is 2.32. The second-order valence-electron chi connectivity index (χ2n) is 8.05. The Kier molecular flexibility index (Phi) is 6.22. The first kappa shape index (κ1) is 22.8. The molecule has 0 radical (unpaired) electrons. The van der Waals surface area contributed by atoms with E-state index in [9.17, 15) is 18.8 Å². The molecule has 0 saturated heterocycles. The van der Waals surface area contributed by atoms with Crippen molar-refractivity contribution in [2.75, 3.05) is 6.54 Å². The molecule has 9 nitrogen and oxygen atoms in total. The van der Waals surface area contributed by atoms with Crippen molar-refractivity contribution in [2.24, 2.45) is 0 Å². The fourth-order valence-corrected chi connectivity index (χ4v) is 3.34. The quantitative estimate of drug-likeness (QED) is 0.451. The zero-order valence-electron chi connectivity index (χ0n) is 18.6. The molecule has 0 bridgehead atoms. The van der Waals surface area contributed by atoms with Crippen molar-refractivity contribution < 1.29 is 13.6 Å². The summed E-state index contributed by atoms with van der Waals surface area (Å²) in [5.41, 5.74) is -0.532. The maximum atomic E-state index is 13.2. The molecule has 34 heavy (non-hydrogen) atoms. The van der Waals surface area contributed by atoms with Gasteiger partial charge >= 0.3 is 0 Å². The van der Waals surface area contributed by atoms with Gasteiger partial charge in [0.05, 0.1) is 18.5 Å². The maximum absolute atomic E-state index is 13.2. The number of carbonyl (C=O) groups excluding carboxylic acids is 1. The molecule has 0 saturated carbocycles. The molecule has 0 unspecified atom stereocenters. The number of aromatic nitrogens is 4. The van der Waals surface area contributed by atoms with Crippen molar-refractivity contribution in [3.63, 3.8) is 0 Å². The van der Waals surface area contributed by atoms with Crippen molar-refractivity contribution in [1.29, 1.82) is 0 Å². The van der Waals surface area contributed by atoms with Gasteiger partial charge in [0.25, 0.3) is 11.1 Å². The van der Waals surface area contributed by atoms with Gasteiger partial charge in [0.2, 0.25) is 5.91 Å². The summed E-state index contributed by atoms with van der Waals surface area (Å²) in [6, 6.07) is 14.9. The summed E-state index contributed by atoms with van der Waals surface area (Å²) in [4.78, 5) is 37.6. The van der Waals surface area contributed by atoms with Gasteiger partial charge in [0.15, 0.2) is 5.76 Å². The second kappa shape index (κ2) is 9.26. The molecule has 0 aliphatic heterocycles. The van der Waals surface area contributed by atoms with Gasteiger partial charge in [-0.2, -0.15) is 10.2 Å². The Morgan fingerprint density at radius 3 is 2.38 bits per heavy atom. The highest BCUT2D eigenvalue weighted by atomic mass is 19.1. The van der Waals surface area contributed by atoms with E-state index in [1.54, 1.807) is 44.2 Å².